The molecule has 0 N–H and O–H groups in total. The average Bonchev–Trinajstić information content (AvgIpc) is 2.50. The maximum absolute atomic E-state index is 10.2. The minimum absolute atomic E-state index is 0.389. The number of isocyanates is 1. The zero-order valence-corrected chi connectivity index (χ0v) is 11.7. The zero-order chi connectivity index (χ0) is 14.7. The van der Waals surface area contributed by atoms with Gasteiger partial charge in [-0.25, -0.2) is 4.79 Å². The third-order valence-corrected chi connectivity index (χ3v) is 3.33. The van der Waals surface area contributed by atoms with Gasteiger partial charge in [-0.3, -0.25) is 0 Å². The SMILES string of the molecule is O=C=Nc1ccc(Oc2ccc3ccccc3c2)c(Cl)c1. The summed E-state index contributed by atoms with van der Waals surface area (Å²) in [5.41, 5.74) is 0.445. The van der Waals surface area contributed by atoms with E-state index in [1.165, 1.54) is 6.08 Å². The Morgan fingerprint density at radius 2 is 1.76 bits per heavy atom. The number of nitrogens with zero attached hydrogens (tertiary/aromatic N) is 1. The molecule has 0 spiro atoms. The van der Waals surface area contributed by atoms with E-state index in [4.69, 9.17) is 16.3 Å². The largest absolute Gasteiger partial charge is 0.456 e. The Balaban J connectivity index is 1.92. The van der Waals surface area contributed by atoms with Crippen LogP contribution in [-0.4, -0.2) is 6.08 Å². The number of fused-ring (bicyclic) bond motifs is 1. The Bertz CT molecular complexity index is 854. The Morgan fingerprint density at radius 1 is 0.952 bits per heavy atom. The third kappa shape index (κ3) is 2.95. The van der Waals surface area contributed by atoms with Gasteiger partial charge >= 0.3 is 0 Å². The van der Waals surface area contributed by atoms with Crippen LogP contribution in [0.2, 0.25) is 5.02 Å². The predicted octanol–water partition coefficient (Wildman–Crippen LogP) is 5.25. The van der Waals surface area contributed by atoms with Crippen molar-refractivity contribution in [3.63, 3.8) is 0 Å². The molecule has 0 radical (unpaired) electrons. The number of ether oxygens (including phenoxy) is 1. The monoisotopic (exact) mass is 295 g/mol. The first-order valence-electron chi connectivity index (χ1n) is 6.30. The van der Waals surface area contributed by atoms with Crippen LogP contribution in [0.3, 0.4) is 0 Å². The number of hydrogen-bond acceptors (Lipinski definition) is 3. The fraction of sp³-hybridized carbons (Fsp3) is 0. The predicted molar refractivity (Wildman–Crippen MR) is 83.3 cm³/mol. The second kappa shape index (κ2) is 5.80. The molecule has 0 fully saturated rings. The summed E-state index contributed by atoms with van der Waals surface area (Å²) in [5.74, 6) is 1.21. The Kier molecular flexibility index (Phi) is 3.69. The van der Waals surface area contributed by atoms with Crippen molar-refractivity contribution in [1.29, 1.82) is 0 Å². The van der Waals surface area contributed by atoms with E-state index in [2.05, 4.69) is 4.99 Å². The lowest BCUT2D eigenvalue weighted by Crippen LogP contribution is -1.85. The molecule has 3 aromatic rings. The standard InChI is InChI=1S/C17H10ClNO2/c18-16-10-14(19-11-20)6-8-17(16)21-15-7-5-12-3-1-2-4-13(12)9-15/h1-10H. The number of aliphatic imine (C=N–C) groups is 1. The molecule has 0 unspecified atom stereocenters. The summed E-state index contributed by atoms with van der Waals surface area (Å²) in [4.78, 5) is 13.7. The van der Waals surface area contributed by atoms with Crippen molar-refractivity contribution in [2.75, 3.05) is 0 Å². The molecule has 21 heavy (non-hydrogen) atoms. The second-order valence-corrected chi connectivity index (χ2v) is 4.84. The number of rotatable bonds is 3. The Labute approximate surface area is 126 Å². The van der Waals surface area contributed by atoms with Crippen molar-refractivity contribution < 1.29 is 9.53 Å². The Hall–Kier alpha value is -2.61. The van der Waals surface area contributed by atoms with E-state index in [0.717, 1.165) is 10.8 Å². The van der Waals surface area contributed by atoms with Crippen molar-refractivity contribution in [2.45, 2.75) is 0 Å². The lowest BCUT2D eigenvalue weighted by Gasteiger charge is -2.08. The van der Waals surface area contributed by atoms with Crippen LogP contribution in [0.15, 0.2) is 65.7 Å². The zero-order valence-electron chi connectivity index (χ0n) is 10.9. The molecule has 0 aliphatic heterocycles. The molecular weight excluding hydrogens is 286 g/mol. The van der Waals surface area contributed by atoms with E-state index in [1.54, 1.807) is 18.2 Å². The summed E-state index contributed by atoms with van der Waals surface area (Å²) in [5, 5.41) is 2.62. The molecule has 0 aliphatic carbocycles. The lowest BCUT2D eigenvalue weighted by atomic mass is 10.1. The van der Waals surface area contributed by atoms with Crippen molar-refractivity contribution in [2.24, 2.45) is 4.99 Å². The second-order valence-electron chi connectivity index (χ2n) is 4.43. The molecule has 0 aromatic heterocycles. The van der Waals surface area contributed by atoms with Gasteiger partial charge in [0.25, 0.3) is 0 Å². The molecule has 4 heteroatoms. The van der Waals surface area contributed by atoms with Crippen LogP contribution < -0.4 is 4.74 Å². The first kappa shape index (κ1) is 13.4. The van der Waals surface area contributed by atoms with Crippen molar-refractivity contribution in [3.8, 4) is 11.5 Å². The van der Waals surface area contributed by atoms with E-state index < -0.39 is 0 Å². The van der Waals surface area contributed by atoms with Gasteiger partial charge in [-0.1, -0.05) is 41.9 Å². The van der Waals surface area contributed by atoms with Crippen LogP contribution >= 0.6 is 11.6 Å². The summed E-state index contributed by atoms with van der Waals surface area (Å²) >= 11 is 6.12. The minimum Gasteiger partial charge on any atom is -0.456 e. The van der Waals surface area contributed by atoms with Gasteiger partial charge < -0.3 is 4.74 Å². The van der Waals surface area contributed by atoms with Crippen LogP contribution in [0.4, 0.5) is 5.69 Å². The van der Waals surface area contributed by atoms with Gasteiger partial charge in [-0.05, 0) is 41.1 Å². The lowest BCUT2D eigenvalue weighted by molar-refractivity contribution is 0.484. The van der Waals surface area contributed by atoms with E-state index in [1.807, 2.05) is 42.5 Å². The molecule has 3 aromatic carbocycles. The normalized spacial score (nSPS) is 10.1. The van der Waals surface area contributed by atoms with Crippen LogP contribution in [0.25, 0.3) is 10.8 Å². The molecule has 0 aliphatic rings. The highest BCUT2D eigenvalue weighted by Crippen LogP contribution is 2.33. The maximum Gasteiger partial charge on any atom is 0.240 e. The highest BCUT2D eigenvalue weighted by molar-refractivity contribution is 6.32. The molecule has 0 saturated heterocycles. The Morgan fingerprint density at radius 3 is 2.52 bits per heavy atom. The highest BCUT2D eigenvalue weighted by atomic mass is 35.5. The fourth-order valence-corrected chi connectivity index (χ4v) is 2.27. The van der Waals surface area contributed by atoms with Gasteiger partial charge in [-0.15, -0.1) is 0 Å². The smallest absolute Gasteiger partial charge is 0.240 e. The van der Waals surface area contributed by atoms with Gasteiger partial charge in [0.05, 0.1) is 10.7 Å². The molecule has 102 valence electrons. The number of halogens is 1. The van der Waals surface area contributed by atoms with Crippen LogP contribution in [0.5, 0.6) is 11.5 Å². The molecule has 0 bridgehead atoms. The van der Waals surface area contributed by atoms with Gasteiger partial charge in [-0.2, -0.15) is 4.99 Å². The van der Waals surface area contributed by atoms with Crippen molar-refractivity contribution in [3.05, 3.63) is 65.7 Å². The molecule has 3 rings (SSSR count). The van der Waals surface area contributed by atoms with Crippen LogP contribution in [-0.2, 0) is 4.79 Å². The highest BCUT2D eigenvalue weighted by Gasteiger charge is 2.05. The van der Waals surface area contributed by atoms with Gasteiger partial charge in [0, 0.05) is 0 Å². The molecular formula is C17H10ClNO2. The number of benzene rings is 3. The van der Waals surface area contributed by atoms with E-state index in [0.29, 0.717) is 22.2 Å². The van der Waals surface area contributed by atoms with Gasteiger partial charge in [0.2, 0.25) is 6.08 Å². The van der Waals surface area contributed by atoms with Crippen molar-refractivity contribution >= 4 is 34.1 Å². The van der Waals surface area contributed by atoms with E-state index >= 15 is 0 Å². The molecule has 0 saturated carbocycles. The molecule has 0 amide bonds. The topological polar surface area (TPSA) is 38.7 Å². The van der Waals surface area contributed by atoms with E-state index in [9.17, 15) is 4.79 Å². The van der Waals surface area contributed by atoms with Gasteiger partial charge in [0.15, 0.2) is 0 Å². The summed E-state index contributed by atoms with van der Waals surface area (Å²) in [6, 6.07) is 18.7. The molecule has 0 heterocycles. The average molecular weight is 296 g/mol. The first-order chi connectivity index (χ1) is 10.3. The first-order valence-corrected chi connectivity index (χ1v) is 6.68. The minimum atomic E-state index is 0.389. The van der Waals surface area contributed by atoms with Gasteiger partial charge in [0.1, 0.15) is 11.5 Å². The van der Waals surface area contributed by atoms with Crippen LogP contribution in [0.1, 0.15) is 0 Å². The number of carbonyl (C=O) groups excluding carboxylic acids is 1. The molecule has 0 atom stereocenters. The van der Waals surface area contributed by atoms with E-state index in [-0.39, 0.29) is 0 Å². The van der Waals surface area contributed by atoms with Crippen LogP contribution in [0, 0.1) is 0 Å². The van der Waals surface area contributed by atoms with Crippen molar-refractivity contribution in [1.82, 2.24) is 0 Å². The third-order valence-electron chi connectivity index (χ3n) is 3.04. The summed E-state index contributed by atoms with van der Waals surface area (Å²) in [6.45, 7) is 0. The summed E-state index contributed by atoms with van der Waals surface area (Å²) in [7, 11) is 0. The summed E-state index contributed by atoms with van der Waals surface area (Å²) in [6.07, 6.45) is 1.48. The fourth-order valence-electron chi connectivity index (χ4n) is 2.05. The molecule has 3 nitrogen and oxygen atoms in total. The summed E-state index contributed by atoms with van der Waals surface area (Å²) < 4.78 is 5.78. The quantitative estimate of drug-likeness (QED) is 0.489. The number of hydrogen-bond donors (Lipinski definition) is 0. The maximum atomic E-state index is 10.2.